The van der Waals surface area contributed by atoms with Crippen LogP contribution in [0.25, 0.3) is 6.08 Å². The summed E-state index contributed by atoms with van der Waals surface area (Å²) in [4.78, 5) is 0. The number of allylic oxidation sites excluding steroid dienone is 1. The smallest absolute Gasteiger partial charge is 0.123 e. The van der Waals surface area contributed by atoms with Crippen LogP contribution >= 0.6 is 11.6 Å². The maximum Gasteiger partial charge on any atom is 0.123 e. The molecule has 1 aliphatic carbocycles. The molecule has 1 N–H and O–H groups in total. The van der Waals surface area contributed by atoms with Crippen LogP contribution in [0.5, 0.6) is 5.75 Å². The minimum atomic E-state index is 0.315. The van der Waals surface area contributed by atoms with Crippen molar-refractivity contribution in [3.05, 3.63) is 34.4 Å². The van der Waals surface area contributed by atoms with E-state index in [-0.39, 0.29) is 0 Å². The molecular formula is C10H9ClO. The third-order valence-electron chi connectivity index (χ3n) is 2.22. The number of aromatic hydroxyl groups is 1. The molecule has 2 heteroatoms. The summed E-state index contributed by atoms with van der Waals surface area (Å²) in [5, 5.41) is 10.2. The van der Waals surface area contributed by atoms with Gasteiger partial charge in [0.05, 0.1) is 0 Å². The highest BCUT2D eigenvalue weighted by Gasteiger charge is 2.18. The van der Waals surface area contributed by atoms with Crippen LogP contribution in [-0.2, 0) is 0 Å². The standard InChI is InChI=1S/C10H9ClO/c1-6-2-3-7-9(12)5-4-8(11)10(6)7/h2-6,12H,1H3. The van der Waals surface area contributed by atoms with E-state index in [1.807, 2.05) is 12.2 Å². The molecule has 0 spiro atoms. The summed E-state index contributed by atoms with van der Waals surface area (Å²) in [5.74, 6) is 0.634. The Morgan fingerprint density at radius 3 is 2.83 bits per heavy atom. The van der Waals surface area contributed by atoms with E-state index < -0.39 is 0 Å². The van der Waals surface area contributed by atoms with E-state index in [0.717, 1.165) is 16.1 Å². The molecule has 1 unspecified atom stereocenters. The van der Waals surface area contributed by atoms with Crippen molar-refractivity contribution in [3.8, 4) is 5.75 Å². The molecule has 0 fully saturated rings. The van der Waals surface area contributed by atoms with Gasteiger partial charge in [-0.3, -0.25) is 0 Å². The first kappa shape index (κ1) is 7.69. The predicted molar refractivity (Wildman–Crippen MR) is 50.6 cm³/mol. The second-order valence-corrected chi connectivity index (χ2v) is 3.45. The number of benzene rings is 1. The van der Waals surface area contributed by atoms with Crippen molar-refractivity contribution in [1.29, 1.82) is 0 Å². The Bertz CT molecular complexity index is 355. The van der Waals surface area contributed by atoms with Crippen LogP contribution < -0.4 is 0 Å². The van der Waals surface area contributed by atoms with Gasteiger partial charge in [-0.2, -0.15) is 0 Å². The van der Waals surface area contributed by atoms with Crippen LogP contribution in [-0.4, -0.2) is 5.11 Å². The molecule has 1 aliphatic rings. The fourth-order valence-corrected chi connectivity index (χ4v) is 1.91. The molecule has 1 atom stereocenters. The fraction of sp³-hybridized carbons (Fsp3) is 0.200. The van der Waals surface area contributed by atoms with Gasteiger partial charge < -0.3 is 5.11 Å². The monoisotopic (exact) mass is 180 g/mol. The quantitative estimate of drug-likeness (QED) is 0.650. The molecule has 0 saturated carbocycles. The molecule has 1 aromatic carbocycles. The highest BCUT2D eigenvalue weighted by molar-refractivity contribution is 6.31. The van der Waals surface area contributed by atoms with E-state index in [1.54, 1.807) is 12.1 Å². The van der Waals surface area contributed by atoms with Crippen LogP contribution in [0.3, 0.4) is 0 Å². The summed E-state index contributed by atoms with van der Waals surface area (Å²) < 4.78 is 0. The second-order valence-electron chi connectivity index (χ2n) is 3.04. The topological polar surface area (TPSA) is 20.2 Å². The third-order valence-corrected chi connectivity index (χ3v) is 2.55. The first-order valence-electron chi connectivity index (χ1n) is 3.89. The van der Waals surface area contributed by atoms with Crippen molar-refractivity contribution in [2.75, 3.05) is 0 Å². The van der Waals surface area contributed by atoms with Gasteiger partial charge in [0.25, 0.3) is 0 Å². The van der Waals surface area contributed by atoms with Gasteiger partial charge in [-0.05, 0) is 17.7 Å². The van der Waals surface area contributed by atoms with Crippen LogP contribution in [0.4, 0.5) is 0 Å². The Balaban J connectivity index is 2.71. The lowest BCUT2D eigenvalue weighted by Gasteiger charge is -2.07. The Morgan fingerprint density at radius 1 is 1.42 bits per heavy atom. The molecule has 12 heavy (non-hydrogen) atoms. The average Bonchev–Trinajstić information content (AvgIpc) is 2.42. The third kappa shape index (κ3) is 0.935. The average molecular weight is 181 g/mol. The molecule has 0 radical (unpaired) electrons. The number of fused-ring (bicyclic) bond motifs is 1. The van der Waals surface area contributed by atoms with Crippen molar-refractivity contribution in [2.45, 2.75) is 12.8 Å². The van der Waals surface area contributed by atoms with Gasteiger partial charge in [-0.15, -0.1) is 0 Å². The summed E-state index contributed by atoms with van der Waals surface area (Å²) >= 11 is 5.99. The lowest BCUT2D eigenvalue weighted by Crippen LogP contribution is -1.88. The zero-order valence-electron chi connectivity index (χ0n) is 6.71. The maximum atomic E-state index is 9.46. The molecule has 62 valence electrons. The van der Waals surface area contributed by atoms with Gasteiger partial charge in [-0.1, -0.05) is 30.7 Å². The van der Waals surface area contributed by atoms with Crippen molar-refractivity contribution < 1.29 is 5.11 Å². The van der Waals surface area contributed by atoms with Gasteiger partial charge in [0, 0.05) is 16.5 Å². The summed E-state index contributed by atoms with van der Waals surface area (Å²) in [5.41, 5.74) is 1.91. The highest BCUT2D eigenvalue weighted by Crippen LogP contribution is 2.39. The zero-order valence-corrected chi connectivity index (χ0v) is 7.47. The number of phenolic OH excluding ortho intramolecular Hbond substituents is 1. The predicted octanol–water partition coefficient (Wildman–Crippen LogP) is 3.18. The molecular weight excluding hydrogens is 172 g/mol. The van der Waals surface area contributed by atoms with E-state index >= 15 is 0 Å². The molecule has 1 aromatic rings. The van der Waals surface area contributed by atoms with Gasteiger partial charge in [-0.25, -0.2) is 0 Å². The van der Waals surface area contributed by atoms with E-state index in [4.69, 9.17) is 11.6 Å². The lowest BCUT2D eigenvalue weighted by molar-refractivity contribution is 0.473. The number of hydrogen-bond donors (Lipinski definition) is 1. The minimum absolute atomic E-state index is 0.315. The van der Waals surface area contributed by atoms with Crippen LogP contribution in [0, 0.1) is 0 Å². The number of phenols is 1. The Hall–Kier alpha value is -0.950. The molecule has 2 rings (SSSR count). The molecule has 0 aromatic heterocycles. The summed E-state index contributed by atoms with van der Waals surface area (Å²) in [6.07, 6.45) is 3.96. The summed E-state index contributed by atoms with van der Waals surface area (Å²) in [7, 11) is 0. The lowest BCUT2D eigenvalue weighted by atomic mass is 10.0. The van der Waals surface area contributed by atoms with E-state index in [9.17, 15) is 5.11 Å². The SMILES string of the molecule is CC1C=Cc2c(O)ccc(Cl)c21. The second kappa shape index (κ2) is 2.53. The maximum absolute atomic E-state index is 9.46. The van der Waals surface area contributed by atoms with Gasteiger partial charge >= 0.3 is 0 Å². The van der Waals surface area contributed by atoms with Crippen LogP contribution in [0.2, 0.25) is 5.02 Å². The molecule has 0 amide bonds. The van der Waals surface area contributed by atoms with Crippen molar-refractivity contribution >= 4 is 17.7 Å². The van der Waals surface area contributed by atoms with Gasteiger partial charge in [0.2, 0.25) is 0 Å². The first-order chi connectivity index (χ1) is 5.70. The van der Waals surface area contributed by atoms with Crippen molar-refractivity contribution in [1.82, 2.24) is 0 Å². The van der Waals surface area contributed by atoms with E-state index in [0.29, 0.717) is 11.7 Å². The van der Waals surface area contributed by atoms with Crippen LogP contribution in [0.15, 0.2) is 18.2 Å². The van der Waals surface area contributed by atoms with Gasteiger partial charge in [0.1, 0.15) is 5.75 Å². The molecule has 1 nitrogen and oxygen atoms in total. The van der Waals surface area contributed by atoms with Gasteiger partial charge in [0.15, 0.2) is 0 Å². The normalized spacial score (nSPS) is 19.7. The molecule has 0 heterocycles. The summed E-state index contributed by atoms with van der Waals surface area (Å²) in [6.45, 7) is 2.06. The molecule has 0 aliphatic heterocycles. The van der Waals surface area contributed by atoms with E-state index in [1.165, 1.54) is 0 Å². The minimum Gasteiger partial charge on any atom is -0.507 e. The number of halogens is 1. The van der Waals surface area contributed by atoms with Crippen molar-refractivity contribution in [2.24, 2.45) is 0 Å². The first-order valence-corrected chi connectivity index (χ1v) is 4.27. The number of hydrogen-bond acceptors (Lipinski definition) is 1. The van der Waals surface area contributed by atoms with Crippen LogP contribution in [0.1, 0.15) is 24.0 Å². The molecule has 0 saturated heterocycles. The Kier molecular flexibility index (Phi) is 1.62. The summed E-state index contributed by atoms with van der Waals surface area (Å²) in [6, 6.07) is 3.36. The Morgan fingerprint density at radius 2 is 2.17 bits per heavy atom. The molecule has 0 bridgehead atoms. The number of rotatable bonds is 0. The highest BCUT2D eigenvalue weighted by atomic mass is 35.5. The fourth-order valence-electron chi connectivity index (χ4n) is 1.57. The van der Waals surface area contributed by atoms with E-state index in [2.05, 4.69) is 6.92 Å². The largest absolute Gasteiger partial charge is 0.507 e. The van der Waals surface area contributed by atoms with Crippen molar-refractivity contribution in [3.63, 3.8) is 0 Å². The Labute approximate surface area is 76.3 Å². The zero-order chi connectivity index (χ0) is 8.72.